The van der Waals surface area contributed by atoms with Crippen LogP contribution in [0.4, 0.5) is 0 Å². The summed E-state index contributed by atoms with van der Waals surface area (Å²) in [6, 6.07) is 1.77. The number of sulfone groups is 1. The van der Waals surface area contributed by atoms with E-state index in [2.05, 4.69) is 4.90 Å². The highest BCUT2D eigenvalue weighted by Gasteiger charge is 2.32. The van der Waals surface area contributed by atoms with Crippen LogP contribution in [-0.4, -0.2) is 100 Å². The van der Waals surface area contributed by atoms with Crippen molar-refractivity contribution in [3.63, 3.8) is 0 Å². The maximum atomic E-state index is 12.6. The van der Waals surface area contributed by atoms with E-state index in [4.69, 9.17) is 4.74 Å². The molecule has 1 amide bonds. The summed E-state index contributed by atoms with van der Waals surface area (Å²) >= 11 is 0. The second kappa shape index (κ2) is 8.65. The third-order valence-electron chi connectivity index (χ3n) is 4.67. The highest BCUT2D eigenvalue weighted by atomic mass is 32.2. The van der Waals surface area contributed by atoms with Gasteiger partial charge in [0.05, 0.1) is 18.1 Å². The highest BCUT2D eigenvalue weighted by molar-refractivity contribution is 7.91. The number of amides is 1. The van der Waals surface area contributed by atoms with Crippen molar-refractivity contribution in [3.05, 3.63) is 11.8 Å². The monoisotopic (exact) mass is 370 g/mol. The van der Waals surface area contributed by atoms with Gasteiger partial charge in [0.1, 0.15) is 11.6 Å². The Hall–Kier alpha value is -1.63. The first-order chi connectivity index (χ1) is 11.9. The summed E-state index contributed by atoms with van der Waals surface area (Å²) in [6.07, 6.45) is 2.02. The number of ether oxygens (including phenoxy) is 1. The smallest absolute Gasteiger partial charge is 0.266 e. The lowest BCUT2D eigenvalue weighted by Gasteiger charge is -2.33. The molecule has 9 heteroatoms. The zero-order valence-corrected chi connectivity index (χ0v) is 15.7. The number of carbonyl (C=O) groups excluding carboxylic acids is 1. The summed E-state index contributed by atoms with van der Waals surface area (Å²) in [6.45, 7) is 3.57. The molecule has 0 aromatic carbocycles. The average molecular weight is 370 g/mol. The molecule has 1 unspecified atom stereocenters. The van der Waals surface area contributed by atoms with Crippen molar-refractivity contribution in [2.24, 2.45) is 0 Å². The van der Waals surface area contributed by atoms with E-state index in [0.717, 1.165) is 13.1 Å². The molecule has 0 saturated carbocycles. The SMILES string of the molecule is COCCN(/C=C(/C#N)C(=O)N1CCN(C)CC1)C1CCS(=O)(=O)C1. The van der Waals surface area contributed by atoms with Gasteiger partial charge >= 0.3 is 0 Å². The van der Waals surface area contributed by atoms with Gasteiger partial charge in [-0.2, -0.15) is 5.26 Å². The first kappa shape index (κ1) is 19.7. The maximum Gasteiger partial charge on any atom is 0.266 e. The van der Waals surface area contributed by atoms with Crippen molar-refractivity contribution in [1.29, 1.82) is 5.26 Å². The second-order valence-electron chi connectivity index (χ2n) is 6.54. The zero-order valence-electron chi connectivity index (χ0n) is 14.8. The molecule has 0 radical (unpaired) electrons. The Labute approximate surface area is 149 Å². The lowest BCUT2D eigenvalue weighted by molar-refractivity contribution is -0.128. The van der Waals surface area contributed by atoms with Crippen LogP contribution in [0.25, 0.3) is 0 Å². The van der Waals surface area contributed by atoms with Crippen LogP contribution in [0.1, 0.15) is 6.42 Å². The van der Waals surface area contributed by atoms with Crippen LogP contribution in [0.15, 0.2) is 11.8 Å². The van der Waals surface area contributed by atoms with E-state index in [1.54, 1.807) is 16.9 Å². The van der Waals surface area contributed by atoms with E-state index in [-0.39, 0.29) is 29.0 Å². The van der Waals surface area contributed by atoms with E-state index in [1.807, 2.05) is 13.1 Å². The minimum atomic E-state index is -3.05. The minimum Gasteiger partial charge on any atom is -0.383 e. The molecule has 2 heterocycles. The molecule has 0 spiro atoms. The van der Waals surface area contributed by atoms with Gasteiger partial charge in [0, 0.05) is 52.1 Å². The molecule has 0 aromatic rings. The number of rotatable bonds is 6. The summed E-state index contributed by atoms with van der Waals surface area (Å²) < 4.78 is 28.6. The van der Waals surface area contributed by atoms with Gasteiger partial charge in [0.2, 0.25) is 0 Å². The molecule has 8 nitrogen and oxygen atoms in total. The number of methoxy groups -OCH3 is 1. The number of hydrogen-bond donors (Lipinski definition) is 0. The first-order valence-corrected chi connectivity index (χ1v) is 10.2. The van der Waals surface area contributed by atoms with E-state index in [9.17, 15) is 18.5 Å². The first-order valence-electron chi connectivity index (χ1n) is 8.41. The molecule has 2 aliphatic rings. The fraction of sp³-hybridized carbons (Fsp3) is 0.750. The summed E-state index contributed by atoms with van der Waals surface area (Å²) in [4.78, 5) is 18.2. The predicted octanol–water partition coefficient (Wildman–Crippen LogP) is -0.697. The van der Waals surface area contributed by atoms with Crippen LogP contribution < -0.4 is 0 Å². The molecular formula is C16H26N4O4S. The largest absolute Gasteiger partial charge is 0.383 e. The Balaban J connectivity index is 2.14. The Morgan fingerprint density at radius 2 is 2.04 bits per heavy atom. The molecule has 2 fully saturated rings. The van der Waals surface area contributed by atoms with Crippen LogP contribution in [0.5, 0.6) is 0 Å². The Morgan fingerprint density at radius 3 is 2.56 bits per heavy atom. The van der Waals surface area contributed by atoms with Gasteiger partial charge in [0.15, 0.2) is 9.84 Å². The van der Waals surface area contributed by atoms with Crippen molar-refractivity contribution in [3.8, 4) is 6.07 Å². The molecule has 1 atom stereocenters. The Morgan fingerprint density at radius 1 is 1.36 bits per heavy atom. The standard InChI is InChI=1S/C16H26N4O4S/c1-18-4-6-19(7-5-18)16(21)14(11-17)12-20(8-9-24-2)15-3-10-25(22,23)13-15/h12,15H,3-10,13H2,1-2H3/b14-12-. The fourth-order valence-corrected chi connectivity index (χ4v) is 4.81. The third-order valence-corrected chi connectivity index (χ3v) is 6.42. The van der Waals surface area contributed by atoms with Gasteiger partial charge in [0.25, 0.3) is 5.91 Å². The molecule has 0 N–H and O–H groups in total. The van der Waals surface area contributed by atoms with Crippen LogP contribution in [0.2, 0.25) is 0 Å². The normalized spacial score (nSPS) is 24.1. The summed E-state index contributed by atoms with van der Waals surface area (Å²) in [5, 5.41) is 9.45. The van der Waals surface area contributed by atoms with Gasteiger partial charge in [-0.15, -0.1) is 0 Å². The molecular weight excluding hydrogens is 344 g/mol. The van der Waals surface area contributed by atoms with E-state index >= 15 is 0 Å². The maximum absolute atomic E-state index is 12.6. The average Bonchev–Trinajstić information content (AvgIpc) is 2.95. The van der Waals surface area contributed by atoms with Crippen LogP contribution in [0, 0.1) is 11.3 Å². The Kier molecular flexibility index (Phi) is 6.81. The van der Waals surface area contributed by atoms with Gasteiger partial charge in [-0.05, 0) is 13.5 Å². The minimum absolute atomic E-state index is 0.0463. The number of nitriles is 1. The summed E-state index contributed by atoms with van der Waals surface area (Å²) in [5.41, 5.74) is 0.0463. The van der Waals surface area contributed by atoms with E-state index in [1.165, 1.54) is 6.20 Å². The highest BCUT2D eigenvalue weighted by Crippen LogP contribution is 2.19. The second-order valence-corrected chi connectivity index (χ2v) is 8.77. The topological polar surface area (TPSA) is 93.9 Å². The Bertz CT molecular complexity index is 648. The summed E-state index contributed by atoms with van der Waals surface area (Å²) in [5.74, 6) is -0.100. The van der Waals surface area contributed by atoms with Gasteiger partial charge in [-0.25, -0.2) is 8.42 Å². The number of hydrogen-bond acceptors (Lipinski definition) is 7. The molecule has 25 heavy (non-hydrogen) atoms. The van der Waals surface area contributed by atoms with E-state index in [0.29, 0.717) is 32.7 Å². The van der Waals surface area contributed by atoms with Gasteiger partial charge in [-0.1, -0.05) is 0 Å². The van der Waals surface area contributed by atoms with Gasteiger partial charge < -0.3 is 19.4 Å². The molecule has 2 rings (SSSR count). The summed E-state index contributed by atoms with van der Waals surface area (Å²) in [7, 11) is 0.509. The molecule has 2 saturated heterocycles. The molecule has 140 valence electrons. The van der Waals surface area contributed by atoms with Gasteiger partial charge in [-0.3, -0.25) is 4.79 Å². The third kappa shape index (κ3) is 5.42. The van der Waals surface area contributed by atoms with Crippen LogP contribution in [0.3, 0.4) is 0 Å². The molecule has 2 aliphatic heterocycles. The molecule has 0 aliphatic carbocycles. The lowest BCUT2D eigenvalue weighted by Crippen LogP contribution is -2.47. The fourth-order valence-electron chi connectivity index (χ4n) is 3.06. The number of carbonyl (C=O) groups is 1. The zero-order chi connectivity index (χ0) is 18.4. The van der Waals surface area contributed by atoms with Crippen molar-refractivity contribution >= 4 is 15.7 Å². The van der Waals surface area contributed by atoms with Crippen molar-refractivity contribution in [2.75, 3.05) is 65.0 Å². The number of nitrogens with zero attached hydrogens (tertiary/aromatic N) is 4. The van der Waals surface area contributed by atoms with Crippen molar-refractivity contribution in [2.45, 2.75) is 12.5 Å². The van der Waals surface area contributed by atoms with Crippen LogP contribution >= 0.6 is 0 Å². The predicted molar refractivity (Wildman–Crippen MR) is 93.4 cm³/mol. The van der Waals surface area contributed by atoms with Crippen molar-refractivity contribution in [1.82, 2.24) is 14.7 Å². The van der Waals surface area contributed by atoms with Crippen molar-refractivity contribution < 1.29 is 17.9 Å². The lowest BCUT2D eigenvalue weighted by atomic mass is 10.2. The molecule has 0 bridgehead atoms. The van der Waals surface area contributed by atoms with E-state index < -0.39 is 9.84 Å². The molecule has 0 aromatic heterocycles. The number of likely N-dealkylation sites (N-methyl/N-ethyl adjacent to an activating group) is 1. The number of piperazine rings is 1. The quantitative estimate of drug-likeness (QED) is 0.451. The van der Waals surface area contributed by atoms with Crippen LogP contribution in [-0.2, 0) is 19.4 Å².